The number of carbonyl (C=O) groups is 1. The molecule has 0 spiro atoms. The molecule has 25 heavy (non-hydrogen) atoms. The molecule has 0 atom stereocenters. The molecular weight excluding hydrogens is 325 g/mol. The van der Waals surface area contributed by atoms with Crippen molar-refractivity contribution in [3.8, 4) is 5.75 Å². The number of rotatable bonds is 7. The van der Waals surface area contributed by atoms with Crippen molar-refractivity contribution in [3.05, 3.63) is 66.3 Å². The summed E-state index contributed by atoms with van der Waals surface area (Å²) in [5, 5.41) is 0. The summed E-state index contributed by atoms with van der Waals surface area (Å²) in [4.78, 5) is 15.9. The van der Waals surface area contributed by atoms with Gasteiger partial charge in [0.25, 0.3) is 0 Å². The highest BCUT2D eigenvalue weighted by atomic mass is 19.1. The van der Waals surface area contributed by atoms with E-state index in [1.807, 2.05) is 18.2 Å². The molecule has 2 aromatic carbocycles. The lowest BCUT2D eigenvalue weighted by atomic mass is 10.3. The van der Waals surface area contributed by atoms with Crippen molar-refractivity contribution in [2.24, 2.45) is 0 Å². The highest BCUT2D eigenvalue weighted by Gasteiger charge is 2.03. The summed E-state index contributed by atoms with van der Waals surface area (Å²) in [7, 11) is 0. The van der Waals surface area contributed by atoms with Crippen LogP contribution in [0.15, 0.2) is 59.0 Å². The second-order valence-corrected chi connectivity index (χ2v) is 5.18. The summed E-state index contributed by atoms with van der Waals surface area (Å²) in [6, 6.07) is 13.1. The molecular formula is C19H16FNO4. The van der Waals surface area contributed by atoms with Gasteiger partial charge in [-0.25, -0.2) is 14.2 Å². The van der Waals surface area contributed by atoms with E-state index in [4.69, 9.17) is 13.9 Å². The zero-order valence-corrected chi connectivity index (χ0v) is 13.4. The molecule has 0 bridgehead atoms. The van der Waals surface area contributed by atoms with Gasteiger partial charge in [0.2, 0.25) is 5.89 Å². The number of fused-ring (bicyclic) bond motifs is 1. The average molecular weight is 341 g/mol. The largest absolute Gasteiger partial charge is 0.493 e. The normalized spacial score (nSPS) is 11.1. The molecule has 0 aliphatic carbocycles. The third-order valence-electron chi connectivity index (χ3n) is 3.29. The SMILES string of the molecule is O=C(/C=C/c1nc2ccccc2o1)OCCCOc1ccc(F)cc1. The average Bonchev–Trinajstić information content (AvgIpc) is 3.04. The van der Waals surface area contributed by atoms with E-state index in [0.717, 1.165) is 5.52 Å². The molecule has 0 fully saturated rings. The van der Waals surface area contributed by atoms with Crippen molar-refractivity contribution in [2.75, 3.05) is 13.2 Å². The molecule has 5 nitrogen and oxygen atoms in total. The van der Waals surface area contributed by atoms with Crippen molar-refractivity contribution in [1.29, 1.82) is 0 Å². The van der Waals surface area contributed by atoms with Crippen LogP contribution in [-0.4, -0.2) is 24.2 Å². The lowest BCUT2D eigenvalue weighted by molar-refractivity contribution is -0.137. The summed E-state index contributed by atoms with van der Waals surface area (Å²) in [5.74, 6) is 0.123. The van der Waals surface area contributed by atoms with Gasteiger partial charge in [-0.15, -0.1) is 0 Å². The summed E-state index contributed by atoms with van der Waals surface area (Å²) in [5.41, 5.74) is 1.39. The van der Waals surface area contributed by atoms with Crippen molar-refractivity contribution >= 4 is 23.1 Å². The van der Waals surface area contributed by atoms with Gasteiger partial charge in [-0.2, -0.15) is 0 Å². The Kier molecular flexibility index (Phi) is 5.41. The molecule has 6 heteroatoms. The van der Waals surface area contributed by atoms with Crippen LogP contribution in [0.4, 0.5) is 4.39 Å². The first-order valence-electron chi connectivity index (χ1n) is 7.79. The summed E-state index contributed by atoms with van der Waals surface area (Å²) in [6.07, 6.45) is 3.27. The number of ether oxygens (including phenoxy) is 2. The number of esters is 1. The number of nitrogens with zero attached hydrogens (tertiary/aromatic N) is 1. The molecule has 0 radical (unpaired) electrons. The maximum atomic E-state index is 12.7. The van der Waals surface area contributed by atoms with E-state index in [0.29, 0.717) is 30.3 Å². The van der Waals surface area contributed by atoms with Crippen LogP contribution >= 0.6 is 0 Å². The minimum absolute atomic E-state index is 0.220. The second kappa shape index (κ2) is 8.10. The first-order valence-corrected chi connectivity index (χ1v) is 7.79. The van der Waals surface area contributed by atoms with E-state index in [2.05, 4.69) is 4.98 Å². The fourth-order valence-corrected chi connectivity index (χ4v) is 2.10. The molecule has 0 N–H and O–H groups in total. The highest BCUT2D eigenvalue weighted by molar-refractivity contribution is 5.86. The Morgan fingerprint density at radius 3 is 2.72 bits per heavy atom. The number of para-hydroxylation sites is 2. The number of halogens is 1. The van der Waals surface area contributed by atoms with E-state index in [-0.39, 0.29) is 12.4 Å². The summed E-state index contributed by atoms with van der Waals surface area (Å²) in [6.45, 7) is 0.589. The molecule has 0 saturated heterocycles. The van der Waals surface area contributed by atoms with Gasteiger partial charge in [-0.3, -0.25) is 0 Å². The first-order chi connectivity index (χ1) is 12.2. The van der Waals surface area contributed by atoms with E-state index in [1.54, 1.807) is 18.2 Å². The molecule has 1 heterocycles. The Labute approximate surface area is 143 Å². The number of hydrogen-bond acceptors (Lipinski definition) is 5. The molecule has 0 unspecified atom stereocenters. The van der Waals surface area contributed by atoms with Crippen molar-refractivity contribution < 1.29 is 23.1 Å². The van der Waals surface area contributed by atoms with Crippen molar-refractivity contribution in [3.63, 3.8) is 0 Å². The van der Waals surface area contributed by atoms with E-state index >= 15 is 0 Å². The van der Waals surface area contributed by atoms with Gasteiger partial charge in [-0.05, 0) is 36.4 Å². The predicted octanol–water partition coefficient (Wildman–Crippen LogP) is 3.99. The number of oxazole rings is 1. The van der Waals surface area contributed by atoms with Crippen LogP contribution in [0, 0.1) is 5.82 Å². The van der Waals surface area contributed by atoms with Crippen molar-refractivity contribution in [2.45, 2.75) is 6.42 Å². The third kappa shape index (κ3) is 4.91. The minimum Gasteiger partial charge on any atom is -0.493 e. The molecule has 0 saturated carbocycles. The zero-order valence-electron chi connectivity index (χ0n) is 13.4. The van der Waals surface area contributed by atoms with Gasteiger partial charge in [-0.1, -0.05) is 12.1 Å². The van der Waals surface area contributed by atoms with Crippen LogP contribution in [0.1, 0.15) is 12.3 Å². The minimum atomic E-state index is -0.482. The van der Waals surface area contributed by atoms with Gasteiger partial charge in [0, 0.05) is 18.6 Å². The Morgan fingerprint density at radius 1 is 1.12 bits per heavy atom. The Morgan fingerprint density at radius 2 is 1.92 bits per heavy atom. The fraction of sp³-hybridized carbons (Fsp3) is 0.158. The van der Waals surface area contributed by atoms with Crippen LogP contribution in [0.5, 0.6) is 5.75 Å². The molecule has 0 aliphatic rings. The number of aromatic nitrogens is 1. The molecule has 0 aliphatic heterocycles. The third-order valence-corrected chi connectivity index (χ3v) is 3.29. The zero-order chi connectivity index (χ0) is 17.5. The quantitative estimate of drug-likeness (QED) is 0.369. The summed E-state index contributed by atoms with van der Waals surface area (Å²) < 4.78 is 28.7. The molecule has 0 amide bonds. The Hall–Kier alpha value is -3.15. The topological polar surface area (TPSA) is 61.6 Å². The van der Waals surface area contributed by atoms with Gasteiger partial charge in [0.1, 0.15) is 17.1 Å². The molecule has 1 aromatic heterocycles. The smallest absolute Gasteiger partial charge is 0.330 e. The van der Waals surface area contributed by atoms with E-state index in [9.17, 15) is 9.18 Å². The highest BCUT2D eigenvalue weighted by Crippen LogP contribution is 2.15. The Bertz CT molecular complexity index is 838. The van der Waals surface area contributed by atoms with E-state index < -0.39 is 5.97 Å². The Balaban J connectivity index is 1.38. The van der Waals surface area contributed by atoms with Crippen LogP contribution in [-0.2, 0) is 9.53 Å². The van der Waals surface area contributed by atoms with Gasteiger partial charge in [0.15, 0.2) is 5.58 Å². The maximum Gasteiger partial charge on any atom is 0.330 e. The van der Waals surface area contributed by atoms with Gasteiger partial charge < -0.3 is 13.9 Å². The monoisotopic (exact) mass is 341 g/mol. The second-order valence-electron chi connectivity index (χ2n) is 5.18. The number of benzene rings is 2. The molecule has 3 rings (SSSR count). The lowest BCUT2D eigenvalue weighted by Crippen LogP contribution is -2.06. The van der Waals surface area contributed by atoms with E-state index in [1.165, 1.54) is 24.3 Å². The first kappa shape index (κ1) is 16.7. The van der Waals surface area contributed by atoms with Gasteiger partial charge in [0.05, 0.1) is 13.2 Å². The molecule has 128 valence electrons. The summed E-state index contributed by atoms with van der Waals surface area (Å²) >= 11 is 0. The molecule has 3 aromatic rings. The fourth-order valence-electron chi connectivity index (χ4n) is 2.10. The number of hydrogen-bond donors (Lipinski definition) is 0. The lowest BCUT2D eigenvalue weighted by Gasteiger charge is -2.06. The standard InChI is InChI=1S/C19H16FNO4/c20-14-6-8-15(9-7-14)23-12-3-13-24-19(22)11-10-18-21-16-4-1-2-5-17(16)25-18/h1-2,4-11H,3,12-13H2/b11-10+. The van der Waals surface area contributed by atoms with Crippen LogP contribution in [0.3, 0.4) is 0 Å². The maximum absolute atomic E-state index is 12.7. The van der Waals surface area contributed by atoms with Crippen LogP contribution in [0.25, 0.3) is 17.2 Å². The van der Waals surface area contributed by atoms with Crippen LogP contribution in [0.2, 0.25) is 0 Å². The predicted molar refractivity (Wildman–Crippen MR) is 90.5 cm³/mol. The van der Waals surface area contributed by atoms with Crippen molar-refractivity contribution in [1.82, 2.24) is 4.98 Å². The number of carbonyl (C=O) groups excluding carboxylic acids is 1. The van der Waals surface area contributed by atoms with Gasteiger partial charge >= 0.3 is 5.97 Å². The van der Waals surface area contributed by atoms with Crippen LogP contribution < -0.4 is 4.74 Å².